The number of nitrogens with one attached hydrogen (secondary N) is 1. The first-order valence-electron chi connectivity index (χ1n) is 7.76. The molecule has 1 unspecified atom stereocenters. The Hall–Kier alpha value is -0.160. The standard InChI is InChI=1S/C15H31NO3/c1-3-8-16-15(14-6-4-5-7-14)13-19-12-11-18-10-9-17-2/h14-16H,3-13H2,1-2H3. The van der Waals surface area contributed by atoms with Gasteiger partial charge in [0, 0.05) is 13.2 Å². The topological polar surface area (TPSA) is 39.7 Å². The summed E-state index contributed by atoms with van der Waals surface area (Å²) >= 11 is 0. The van der Waals surface area contributed by atoms with Crippen LogP contribution >= 0.6 is 0 Å². The molecule has 0 bridgehead atoms. The van der Waals surface area contributed by atoms with Crippen LogP contribution < -0.4 is 5.32 Å². The molecule has 0 aromatic carbocycles. The van der Waals surface area contributed by atoms with E-state index < -0.39 is 0 Å². The fourth-order valence-corrected chi connectivity index (χ4v) is 2.62. The first kappa shape index (κ1) is 16.9. The summed E-state index contributed by atoms with van der Waals surface area (Å²) in [4.78, 5) is 0. The predicted octanol–water partition coefficient (Wildman–Crippen LogP) is 2.22. The lowest BCUT2D eigenvalue weighted by Crippen LogP contribution is -2.39. The Balaban J connectivity index is 2.06. The first-order valence-corrected chi connectivity index (χ1v) is 7.76. The Morgan fingerprint density at radius 1 is 1.05 bits per heavy atom. The van der Waals surface area contributed by atoms with Crippen molar-refractivity contribution in [3.63, 3.8) is 0 Å². The zero-order chi connectivity index (χ0) is 13.8. The zero-order valence-corrected chi connectivity index (χ0v) is 12.7. The Labute approximate surface area is 118 Å². The summed E-state index contributed by atoms with van der Waals surface area (Å²) in [6.45, 7) is 6.77. The molecular weight excluding hydrogens is 242 g/mol. The van der Waals surface area contributed by atoms with Crippen molar-refractivity contribution in [1.29, 1.82) is 0 Å². The van der Waals surface area contributed by atoms with Crippen molar-refractivity contribution < 1.29 is 14.2 Å². The molecule has 0 amide bonds. The summed E-state index contributed by atoms with van der Waals surface area (Å²) in [5.74, 6) is 0.806. The van der Waals surface area contributed by atoms with E-state index in [1.165, 1.54) is 32.1 Å². The maximum absolute atomic E-state index is 5.76. The van der Waals surface area contributed by atoms with Crippen LogP contribution in [0.2, 0.25) is 0 Å². The molecule has 4 heteroatoms. The molecule has 114 valence electrons. The van der Waals surface area contributed by atoms with Crippen LogP contribution in [-0.4, -0.2) is 52.7 Å². The minimum atomic E-state index is 0.529. The summed E-state index contributed by atoms with van der Waals surface area (Å²) < 4.78 is 16.1. The summed E-state index contributed by atoms with van der Waals surface area (Å²) in [6, 6.07) is 0.529. The summed E-state index contributed by atoms with van der Waals surface area (Å²) in [5.41, 5.74) is 0. The van der Waals surface area contributed by atoms with Crippen LogP contribution in [0.15, 0.2) is 0 Å². The second-order valence-corrected chi connectivity index (χ2v) is 5.29. The van der Waals surface area contributed by atoms with Crippen LogP contribution in [0.1, 0.15) is 39.0 Å². The van der Waals surface area contributed by atoms with Crippen molar-refractivity contribution in [3.05, 3.63) is 0 Å². The number of ether oxygens (including phenoxy) is 3. The highest BCUT2D eigenvalue weighted by Gasteiger charge is 2.24. The van der Waals surface area contributed by atoms with Gasteiger partial charge in [-0.05, 0) is 31.7 Å². The zero-order valence-electron chi connectivity index (χ0n) is 12.7. The van der Waals surface area contributed by atoms with E-state index in [1.807, 2.05) is 0 Å². The van der Waals surface area contributed by atoms with Crippen molar-refractivity contribution in [1.82, 2.24) is 5.32 Å². The molecule has 1 aliphatic rings. The van der Waals surface area contributed by atoms with E-state index in [-0.39, 0.29) is 0 Å². The third-order valence-electron chi connectivity index (χ3n) is 3.73. The summed E-state index contributed by atoms with van der Waals surface area (Å²) in [7, 11) is 1.69. The SMILES string of the molecule is CCCNC(COCCOCCOC)C1CCCC1. The minimum absolute atomic E-state index is 0.529. The molecule has 0 saturated heterocycles. The number of methoxy groups -OCH3 is 1. The molecule has 19 heavy (non-hydrogen) atoms. The van der Waals surface area contributed by atoms with E-state index >= 15 is 0 Å². The molecule has 4 nitrogen and oxygen atoms in total. The van der Waals surface area contributed by atoms with Crippen LogP contribution in [0, 0.1) is 5.92 Å². The number of hydrogen-bond acceptors (Lipinski definition) is 4. The highest BCUT2D eigenvalue weighted by Crippen LogP contribution is 2.27. The van der Waals surface area contributed by atoms with Crippen LogP contribution in [0.5, 0.6) is 0 Å². The van der Waals surface area contributed by atoms with Gasteiger partial charge in [0.25, 0.3) is 0 Å². The van der Waals surface area contributed by atoms with Crippen LogP contribution in [0.4, 0.5) is 0 Å². The van der Waals surface area contributed by atoms with Gasteiger partial charge in [-0.1, -0.05) is 19.8 Å². The van der Waals surface area contributed by atoms with Gasteiger partial charge in [-0.25, -0.2) is 0 Å². The second kappa shape index (κ2) is 11.6. The molecule has 0 aromatic rings. The van der Waals surface area contributed by atoms with Gasteiger partial charge < -0.3 is 19.5 Å². The highest BCUT2D eigenvalue weighted by atomic mass is 16.5. The Bertz CT molecular complexity index is 196. The monoisotopic (exact) mass is 273 g/mol. The average molecular weight is 273 g/mol. The quantitative estimate of drug-likeness (QED) is 0.554. The molecule has 0 spiro atoms. The first-order chi connectivity index (χ1) is 9.38. The molecule has 1 rings (SSSR count). The normalized spacial score (nSPS) is 18.0. The molecule has 0 aliphatic heterocycles. The van der Waals surface area contributed by atoms with Crippen molar-refractivity contribution in [2.24, 2.45) is 5.92 Å². The number of rotatable bonds is 12. The molecule has 0 aromatic heterocycles. The Kier molecular flexibility index (Phi) is 10.4. The fourth-order valence-electron chi connectivity index (χ4n) is 2.62. The van der Waals surface area contributed by atoms with Crippen LogP contribution in [0.3, 0.4) is 0 Å². The summed E-state index contributed by atoms with van der Waals surface area (Å²) in [5, 5.41) is 3.64. The largest absolute Gasteiger partial charge is 0.382 e. The third kappa shape index (κ3) is 7.88. The molecule has 1 fully saturated rings. The van der Waals surface area contributed by atoms with E-state index in [9.17, 15) is 0 Å². The summed E-state index contributed by atoms with van der Waals surface area (Å²) in [6.07, 6.45) is 6.66. The lowest BCUT2D eigenvalue weighted by molar-refractivity contribution is 0.0151. The predicted molar refractivity (Wildman–Crippen MR) is 77.6 cm³/mol. The van der Waals surface area contributed by atoms with Gasteiger partial charge in [0.05, 0.1) is 33.0 Å². The van der Waals surface area contributed by atoms with Gasteiger partial charge in [-0.15, -0.1) is 0 Å². The minimum Gasteiger partial charge on any atom is -0.382 e. The lowest BCUT2D eigenvalue weighted by Gasteiger charge is -2.24. The average Bonchev–Trinajstić information content (AvgIpc) is 2.95. The van der Waals surface area contributed by atoms with Gasteiger partial charge in [-0.2, -0.15) is 0 Å². The van der Waals surface area contributed by atoms with Crippen LogP contribution in [0.25, 0.3) is 0 Å². The van der Waals surface area contributed by atoms with Crippen molar-refractivity contribution in [2.45, 2.75) is 45.1 Å². The van der Waals surface area contributed by atoms with Gasteiger partial charge in [0.2, 0.25) is 0 Å². The molecule has 1 aliphatic carbocycles. The van der Waals surface area contributed by atoms with E-state index in [0.29, 0.717) is 32.5 Å². The lowest BCUT2D eigenvalue weighted by atomic mass is 9.99. The Morgan fingerprint density at radius 3 is 2.42 bits per heavy atom. The van der Waals surface area contributed by atoms with Crippen LogP contribution in [-0.2, 0) is 14.2 Å². The van der Waals surface area contributed by atoms with E-state index in [2.05, 4.69) is 12.2 Å². The third-order valence-corrected chi connectivity index (χ3v) is 3.73. The molecule has 1 atom stereocenters. The van der Waals surface area contributed by atoms with Gasteiger partial charge in [0.15, 0.2) is 0 Å². The fraction of sp³-hybridized carbons (Fsp3) is 1.00. The van der Waals surface area contributed by atoms with E-state index in [1.54, 1.807) is 7.11 Å². The highest BCUT2D eigenvalue weighted by molar-refractivity contribution is 4.80. The van der Waals surface area contributed by atoms with Gasteiger partial charge in [0.1, 0.15) is 0 Å². The maximum atomic E-state index is 5.76. The van der Waals surface area contributed by atoms with E-state index in [0.717, 1.165) is 19.1 Å². The molecule has 0 radical (unpaired) electrons. The van der Waals surface area contributed by atoms with Crippen molar-refractivity contribution in [3.8, 4) is 0 Å². The van der Waals surface area contributed by atoms with E-state index in [4.69, 9.17) is 14.2 Å². The van der Waals surface area contributed by atoms with Gasteiger partial charge in [-0.3, -0.25) is 0 Å². The maximum Gasteiger partial charge on any atom is 0.0701 e. The molecule has 1 N–H and O–H groups in total. The van der Waals surface area contributed by atoms with Gasteiger partial charge >= 0.3 is 0 Å². The Morgan fingerprint density at radius 2 is 1.74 bits per heavy atom. The smallest absolute Gasteiger partial charge is 0.0701 e. The molecular formula is C15H31NO3. The molecule has 1 saturated carbocycles. The van der Waals surface area contributed by atoms with Crippen molar-refractivity contribution >= 4 is 0 Å². The molecule has 0 heterocycles. The number of hydrogen-bond donors (Lipinski definition) is 1. The second-order valence-electron chi connectivity index (χ2n) is 5.29. The van der Waals surface area contributed by atoms with Crippen molar-refractivity contribution in [2.75, 3.05) is 46.7 Å².